The van der Waals surface area contributed by atoms with Crippen LogP contribution in [0.15, 0.2) is 0 Å². The van der Waals surface area contributed by atoms with E-state index < -0.39 is 0 Å². The molecule has 29 heavy (non-hydrogen) atoms. The van der Waals surface area contributed by atoms with Crippen LogP contribution in [0.5, 0.6) is 0 Å². The molecule has 11 atom stereocenters. The normalized spacial score (nSPS) is 52.3. The lowest BCUT2D eigenvalue weighted by molar-refractivity contribution is -0.183. The Morgan fingerprint density at radius 3 is 2.52 bits per heavy atom. The highest BCUT2D eigenvalue weighted by Crippen LogP contribution is 2.51. The van der Waals surface area contributed by atoms with E-state index in [-0.39, 0.29) is 43.0 Å². The molecular formula is C22H37NO6. The predicted octanol–water partition coefficient (Wildman–Crippen LogP) is 1.13. The van der Waals surface area contributed by atoms with Crippen LogP contribution in [0.1, 0.15) is 25.7 Å². The number of hydrogen-bond donors (Lipinski definition) is 1. The van der Waals surface area contributed by atoms with Gasteiger partial charge in [-0.25, -0.2) is 0 Å². The summed E-state index contributed by atoms with van der Waals surface area (Å²) < 4.78 is 29.5. The molecular weight excluding hydrogens is 374 g/mol. The zero-order chi connectivity index (χ0) is 20.1. The number of nitrogens with zero attached hydrogens (tertiary/aromatic N) is 1. The second-order valence-corrected chi connectivity index (χ2v) is 9.79. The molecule has 5 rings (SSSR count). The van der Waals surface area contributed by atoms with Crippen LogP contribution in [0.4, 0.5) is 0 Å². The SMILES string of the molecule is COC1CC2CN3CCC4CC5OCOC5C(OC)C4C3CC2C(CO)C1OC. The Morgan fingerprint density at radius 1 is 0.966 bits per heavy atom. The van der Waals surface area contributed by atoms with E-state index in [9.17, 15) is 5.11 Å². The van der Waals surface area contributed by atoms with E-state index in [1.165, 1.54) is 6.42 Å². The van der Waals surface area contributed by atoms with E-state index >= 15 is 0 Å². The summed E-state index contributed by atoms with van der Waals surface area (Å²) in [5.41, 5.74) is 0. The van der Waals surface area contributed by atoms with E-state index in [1.54, 1.807) is 14.2 Å². The number of hydrogen-bond acceptors (Lipinski definition) is 7. The van der Waals surface area contributed by atoms with Gasteiger partial charge in [0.05, 0.1) is 24.4 Å². The number of piperidine rings is 2. The first-order valence-corrected chi connectivity index (χ1v) is 11.4. The van der Waals surface area contributed by atoms with Crippen LogP contribution >= 0.6 is 0 Å². The number of fused-ring (bicyclic) bond motifs is 5. The van der Waals surface area contributed by atoms with Gasteiger partial charge in [-0.05, 0) is 50.0 Å². The molecule has 0 amide bonds. The Kier molecular flexibility index (Phi) is 5.93. The molecule has 0 aromatic rings. The third-order valence-electron chi connectivity index (χ3n) is 8.91. The molecule has 3 heterocycles. The van der Waals surface area contributed by atoms with Crippen molar-refractivity contribution in [2.45, 2.75) is 62.2 Å². The Balaban J connectivity index is 1.41. The molecule has 11 unspecified atom stereocenters. The predicted molar refractivity (Wildman–Crippen MR) is 105 cm³/mol. The summed E-state index contributed by atoms with van der Waals surface area (Å²) in [7, 11) is 5.36. The number of aliphatic hydroxyl groups is 1. The molecule has 5 fully saturated rings. The molecule has 0 spiro atoms. The molecule has 0 radical (unpaired) electrons. The Hall–Kier alpha value is -0.280. The van der Waals surface area contributed by atoms with Crippen LogP contribution in [-0.2, 0) is 23.7 Å². The lowest BCUT2D eigenvalue weighted by Crippen LogP contribution is -2.66. The van der Waals surface area contributed by atoms with Crippen LogP contribution in [0.3, 0.4) is 0 Å². The minimum absolute atomic E-state index is 0.0299. The number of ether oxygens (including phenoxy) is 5. The Morgan fingerprint density at radius 2 is 1.79 bits per heavy atom. The van der Waals surface area contributed by atoms with E-state index in [1.807, 2.05) is 7.11 Å². The molecule has 2 saturated carbocycles. The highest BCUT2D eigenvalue weighted by molar-refractivity contribution is 5.08. The molecule has 2 aliphatic carbocycles. The summed E-state index contributed by atoms with van der Waals surface area (Å²) in [6.07, 6.45) is 4.79. The quantitative estimate of drug-likeness (QED) is 0.744. The highest BCUT2D eigenvalue weighted by atomic mass is 16.7. The standard InChI is InChI=1S/C22H37NO6/c1-25-17-7-13-9-23-5-4-12-6-18-21(29-11-28-18)22(27-3)19(12)16(23)8-14(13)15(10-24)20(17)26-2/h12-22,24H,4-11H2,1-3H3. The molecule has 7 nitrogen and oxygen atoms in total. The van der Waals surface area contributed by atoms with Crippen molar-refractivity contribution in [3.05, 3.63) is 0 Å². The maximum atomic E-state index is 10.3. The fourth-order valence-corrected chi connectivity index (χ4v) is 7.70. The molecule has 1 N–H and O–H groups in total. The summed E-state index contributed by atoms with van der Waals surface area (Å²) in [6.45, 7) is 2.80. The first kappa shape index (κ1) is 20.6. The zero-order valence-electron chi connectivity index (χ0n) is 17.9. The highest BCUT2D eigenvalue weighted by Gasteiger charge is 2.57. The van der Waals surface area contributed by atoms with Crippen molar-refractivity contribution < 1.29 is 28.8 Å². The summed E-state index contributed by atoms with van der Waals surface area (Å²) >= 11 is 0. The Bertz CT molecular complexity index is 578. The lowest BCUT2D eigenvalue weighted by atomic mass is 9.59. The maximum Gasteiger partial charge on any atom is 0.147 e. The minimum atomic E-state index is -0.0299. The fourth-order valence-electron chi connectivity index (χ4n) is 7.70. The van der Waals surface area contributed by atoms with Gasteiger partial charge in [0.2, 0.25) is 0 Å². The molecule has 0 bridgehead atoms. The molecule has 3 aliphatic heterocycles. The van der Waals surface area contributed by atoms with Gasteiger partial charge in [0.25, 0.3) is 0 Å². The van der Waals surface area contributed by atoms with Crippen molar-refractivity contribution in [3.63, 3.8) is 0 Å². The fraction of sp³-hybridized carbons (Fsp3) is 1.00. The van der Waals surface area contributed by atoms with Gasteiger partial charge in [0.1, 0.15) is 12.9 Å². The van der Waals surface area contributed by atoms with Gasteiger partial charge in [0, 0.05) is 52.4 Å². The van der Waals surface area contributed by atoms with Crippen molar-refractivity contribution in [2.24, 2.45) is 29.6 Å². The average Bonchev–Trinajstić information content (AvgIpc) is 3.22. The average molecular weight is 412 g/mol. The van der Waals surface area contributed by atoms with Gasteiger partial charge in [-0.2, -0.15) is 0 Å². The number of rotatable bonds is 4. The van der Waals surface area contributed by atoms with Crippen molar-refractivity contribution in [2.75, 3.05) is 47.8 Å². The number of methoxy groups -OCH3 is 3. The number of aliphatic hydroxyl groups excluding tert-OH is 1. The largest absolute Gasteiger partial charge is 0.396 e. The topological polar surface area (TPSA) is 69.6 Å². The monoisotopic (exact) mass is 411 g/mol. The second-order valence-electron chi connectivity index (χ2n) is 9.79. The first-order valence-electron chi connectivity index (χ1n) is 11.4. The van der Waals surface area contributed by atoms with E-state index in [0.717, 1.165) is 32.4 Å². The maximum absolute atomic E-state index is 10.3. The second kappa shape index (κ2) is 8.34. The summed E-state index contributed by atoms with van der Waals surface area (Å²) in [5.74, 6) is 2.25. The van der Waals surface area contributed by atoms with Crippen LogP contribution < -0.4 is 0 Å². The van der Waals surface area contributed by atoms with E-state index in [4.69, 9.17) is 23.7 Å². The van der Waals surface area contributed by atoms with Crippen molar-refractivity contribution in [1.82, 2.24) is 4.90 Å². The lowest BCUT2D eigenvalue weighted by Gasteiger charge is -2.59. The molecule has 3 saturated heterocycles. The van der Waals surface area contributed by atoms with Gasteiger partial charge in [-0.1, -0.05) is 0 Å². The van der Waals surface area contributed by atoms with Crippen LogP contribution in [0.25, 0.3) is 0 Å². The smallest absolute Gasteiger partial charge is 0.147 e. The molecule has 166 valence electrons. The van der Waals surface area contributed by atoms with Gasteiger partial charge in [0.15, 0.2) is 0 Å². The van der Waals surface area contributed by atoms with Crippen molar-refractivity contribution in [3.8, 4) is 0 Å². The third-order valence-corrected chi connectivity index (χ3v) is 8.91. The molecule has 7 heteroatoms. The summed E-state index contributed by atoms with van der Waals surface area (Å²) in [4.78, 5) is 2.71. The zero-order valence-corrected chi connectivity index (χ0v) is 17.9. The minimum Gasteiger partial charge on any atom is -0.396 e. The van der Waals surface area contributed by atoms with Crippen molar-refractivity contribution >= 4 is 0 Å². The summed E-state index contributed by atoms with van der Waals surface area (Å²) in [5, 5.41) is 10.3. The first-order chi connectivity index (χ1) is 14.2. The van der Waals surface area contributed by atoms with Gasteiger partial charge >= 0.3 is 0 Å². The van der Waals surface area contributed by atoms with Gasteiger partial charge in [-0.3, -0.25) is 4.90 Å². The third kappa shape index (κ3) is 3.28. The van der Waals surface area contributed by atoms with E-state index in [0.29, 0.717) is 36.5 Å². The molecule has 5 aliphatic rings. The van der Waals surface area contributed by atoms with Crippen molar-refractivity contribution in [1.29, 1.82) is 0 Å². The molecule has 0 aromatic heterocycles. The van der Waals surface area contributed by atoms with Crippen LogP contribution in [-0.4, -0.2) is 94.4 Å². The van der Waals surface area contributed by atoms with Gasteiger partial charge < -0.3 is 28.8 Å². The van der Waals surface area contributed by atoms with Crippen LogP contribution in [0, 0.1) is 29.6 Å². The van der Waals surface area contributed by atoms with Gasteiger partial charge in [-0.15, -0.1) is 0 Å². The van der Waals surface area contributed by atoms with Crippen LogP contribution in [0.2, 0.25) is 0 Å². The van der Waals surface area contributed by atoms with E-state index in [2.05, 4.69) is 4.90 Å². The molecule has 0 aromatic carbocycles. The Labute approximate surface area is 173 Å². The summed E-state index contributed by atoms with van der Waals surface area (Å²) in [6, 6.07) is 0.482.